The van der Waals surface area contributed by atoms with Crippen LogP contribution in [-0.4, -0.2) is 62.3 Å². The molecule has 156 valence electrons. The third kappa shape index (κ3) is 6.89. The van der Waals surface area contributed by atoms with Crippen LogP contribution in [0.1, 0.15) is 33.3 Å². The Hall–Kier alpha value is -3.11. The number of carboxylic acid groups (broad SMARTS) is 1. The predicted octanol–water partition coefficient (Wildman–Crippen LogP) is -0.329. The number of aryl methyl sites for hydroxylation is 1. The molecule has 1 aromatic rings. The summed E-state index contributed by atoms with van der Waals surface area (Å²) in [7, 11) is 0. The van der Waals surface area contributed by atoms with Crippen LogP contribution in [0.3, 0.4) is 0 Å². The van der Waals surface area contributed by atoms with Crippen LogP contribution in [0.5, 0.6) is 0 Å². The average Bonchev–Trinajstić information content (AvgIpc) is 2.54. The zero-order valence-electron chi connectivity index (χ0n) is 16.6. The minimum absolute atomic E-state index is 0.0438. The molecule has 0 unspecified atom stereocenters. The minimum atomic E-state index is -1.24. The number of amides is 2. The molecule has 0 aliphatic rings. The number of rotatable bonds is 7. The smallest absolute Gasteiger partial charge is 0.407 e. The summed E-state index contributed by atoms with van der Waals surface area (Å²) in [6.45, 7) is 7.26. The number of nitrogens with zero attached hydrogens (tertiary/aromatic N) is 2. The van der Waals surface area contributed by atoms with E-state index in [0.29, 0.717) is 0 Å². The molecule has 0 aliphatic heterocycles. The van der Waals surface area contributed by atoms with E-state index in [1.54, 1.807) is 20.8 Å². The van der Waals surface area contributed by atoms with Gasteiger partial charge in [0, 0.05) is 24.8 Å². The second kappa shape index (κ2) is 9.20. The maximum absolute atomic E-state index is 12.6. The summed E-state index contributed by atoms with van der Waals surface area (Å²) in [5, 5.41) is 11.7. The third-order valence-electron chi connectivity index (χ3n) is 3.66. The van der Waals surface area contributed by atoms with E-state index in [1.165, 1.54) is 20.0 Å². The molecule has 11 nitrogen and oxygen atoms in total. The molecule has 0 spiro atoms. The lowest BCUT2D eigenvalue weighted by molar-refractivity contribution is -0.149. The van der Waals surface area contributed by atoms with Crippen molar-refractivity contribution in [3.05, 3.63) is 32.6 Å². The molecule has 0 fully saturated rings. The van der Waals surface area contributed by atoms with Crippen molar-refractivity contribution in [1.82, 2.24) is 19.8 Å². The Morgan fingerprint density at radius 1 is 1.32 bits per heavy atom. The van der Waals surface area contributed by atoms with Crippen molar-refractivity contribution in [3.63, 3.8) is 0 Å². The van der Waals surface area contributed by atoms with Gasteiger partial charge in [-0.1, -0.05) is 0 Å². The van der Waals surface area contributed by atoms with Crippen molar-refractivity contribution in [3.8, 4) is 0 Å². The fraction of sp³-hybridized carbons (Fsp3) is 0.588. The summed E-state index contributed by atoms with van der Waals surface area (Å²) < 4.78 is 6.06. The lowest BCUT2D eigenvalue weighted by Gasteiger charge is -2.27. The third-order valence-corrected chi connectivity index (χ3v) is 3.66. The van der Waals surface area contributed by atoms with E-state index >= 15 is 0 Å². The summed E-state index contributed by atoms with van der Waals surface area (Å²) >= 11 is 0. The number of carbonyl (C=O) groups excluding carboxylic acids is 2. The van der Waals surface area contributed by atoms with Gasteiger partial charge < -0.3 is 20.1 Å². The number of ether oxygens (including phenoxy) is 1. The van der Waals surface area contributed by atoms with E-state index in [2.05, 4.69) is 10.3 Å². The molecule has 1 aromatic heterocycles. The molecule has 1 heterocycles. The first kappa shape index (κ1) is 22.9. The van der Waals surface area contributed by atoms with Gasteiger partial charge in [0.2, 0.25) is 5.91 Å². The molecule has 0 aromatic carbocycles. The highest BCUT2D eigenvalue weighted by Crippen LogP contribution is 2.06. The number of carbonyl (C=O) groups is 3. The number of H-pyrrole nitrogens is 1. The highest BCUT2D eigenvalue weighted by Gasteiger charge is 2.26. The molecule has 0 bridgehead atoms. The topological polar surface area (TPSA) is 151 Å². The molecule has 11 heteroatoms. The number of aromatic nitrogens is 2. The number of nitrogens with one attached hydrogen (secondary N) is 2. The number of alkyl carbamates (subject to hydrolysis) is 1. The molecule has 0 saturated carbocycles. The normalized spacial score (nSPS) is 12.2. The first-order chi connectivity index (χ1) is 12.8. The molecule has 0 aliphatic carbocycles. The Morgan fingerprint density at radius 3 is 2.46 bits per heavy atom. The maximum atomic E-state index is 12.6. The Labute approximate surface area is 161 Å². The molecule has 28 heavy (non-hydrogen) atoms. The summed E-state index contributed by atoms with van der Waals surface area (Å²) in [5.41, 5.74) is -1.81. The second-order valence-electron chi connectivity index (χ2n) is 7.23. The fourth-order valence-corrected chi connectivity index (χ4v) is 2.23. The van der Waals surface area contributed by atoms with E-state index < -0.39 is 47.4 Å². The van der Waals surface area contributed by atoms with Crippen molar-refractivity contribution in [1.29, 1.82) is 0 Å². The van der Waals surface area contributed by atoms with E-state index in [4.69, 9.17) is 4.74 Å². The van der Waals surface area contributed by atoms with Gasteiger partial charge in [0.15, 0.2) is 0 Å². The quantitative estimate of drug-likeness (QED) is 0.569. The van der Waals surface area contributed by atoms with Crippen LogP contribution in [0.15, 0.2) is 15.8 Å². The standard InChI is InChI=1S/C17H26N4O7/c1-10-8-20(15(26)19-13(10)23)9-12(22)21(11(2)14(24)25)7-6-18-16(27)28-17(3,4)5/h8,11H,6-7,9H2,1-5H3,(H,18,27)(H,24,25)(H,19,23,26)/t11-/m0/s1. The van der Waals surface area contributed by atoms with Crippen LogP contribution >= 0.6 is 0 Å². The highest BCUT2D eigenvalue weighted by molar-refractivity contribution is 5.83. The fourth-order valence-electron chi connectivity index (χ4n) is 2.23. The van der Waals surface area contributed by atoms with Gasteiger partial charge in [-0.15, -0.1) is 0 Å². The van der Waals surface area contributed by atoms with Gasteiger partial charge >= 0.3 is 17.8 Å². The van der Waals surface area contributed by atoms with E-state index in [0.717, 1.165) is 9.47 Å². The molecular weight excluding hydrogens is 372 g/mol. The Morgan fingerprint density at radius 2 is 1.93 bits per heavy atom. The molecule has 1 atom stereocenters. The van der Waals surface area contributed by atoms with Gasteiger partial charge in [0.05, 0.1) is 0 Å². The van der Waals surface area contributed by atoms with Gasteiger partial charge in [0.1, 0.15) is 18.2 Å². The van der Waals surface area contributed by atoms with Gasteiger partial charge in [-0.05, 0) is 34.6 Å². The summed E-state index contributed by atoms with van der Waals surface area (Å²) in [6.07, 6.45) is 0.525. The lowest BCUT2D eigenvalue weighted by Crippen LogP contribution is -2.49. The number of hydrogen-bond donors (Lipinski definition) is 3. The molecule has 3 N–H and O–H groups in total. The number of carboxylic acids is 1. The summed E-state index contributed by atoms with van der Waals surface area (Å²) in [4.78, 5) is 61.9. The van der Waals surface area contributed by atoms with Crippen molar-refractivity contribution in [2.75, 3.05) is 13.1 Å². The second-order valence-corrected chi connectivity index (χ2v) is 7.23. The molecular formula is C17H26N4O7. The number of aliphatic carboxylic acids is 1. The van der Waals surface area contributed by atoms with E-state index in [-0.39, 0.29) is 18.7 Å². The molecule has 1 rings (SSSR count). The molecule has 2 amide bonds. The van der Waals surface area contributed by atoms with Crippen LogP contribution in [0, 0.1) is 6.92 Å². The largest absolute Gasteiger partial charge is 0.480 e. The van der Waals surface area contributed by atoms with Crippen LogP contribution < -0.4 is 16.6 Å². The van der Waals surface area contributed by atoms with Gasteiger partial charge in [-0.25, -0.2) is 14.4 Å². The number of hydrogen-bond acceptors (Lipinski definition) is 6. The van der Waals surface area contributed by atoms with Crippen LogP contribution in [0.4, 0.5) is 4.79 Å². The first-order valence-electron chi connectivity index (χ1n) is 8.61. The SMILES string of the molecule is Cc1cn(CC(=O)N(CCNC(=O)OC(C)(C)C)[C@@H](C)C(=O)O)c(=O)[nH]c1=O. The van der Waals surface area contributed by atoms with Crippen LogP contribution in [-0.2, 0) is 20.9 Å². The van der Waals surface area contributed by atoms with Gasteiger partial charge in [0.25, 0.3) is 5.56 Å². The first-order valence-corrected chi connectivity index (χ1v) is 8.61. The summed E-state index contributed by atoms with van der Waals surface area (Å²) in [5.74, 6) is -1.90. The Kier molecular flexibility index (Phi) is 7.53. The van der Waals surface area contributed by atoms with Crippen molar-refractivity contribution in [2.45, 2.75) is 52.8 Å². The average molecular weight is 398 g/mol. The van der Waals surface area contributed by atoms with Crippen LogP contribution in [0.25, 0.3) is 0 Å². The zero-order valence-corrected chi connectivity index (χ0v) is 16.6. The zero-order chi connectivity index (χ0) is 21.6. The van der Waals surface area contributed by atoms with Gasteiger partial charge in [-0.3, -0.25) is 19.1 Å². The highest BCUT2D eigenvalue weighted by atomic mass is 16.6. The molecule has 0 saturated heterocycles. The Balaban J connectivity index is 2.87. The van der Waals surface area contributed by atoms with Crippen molar-refractivity contribution >= 4 is 18.0 Å². The maximum Gasteiger partial charge on any atom is 0.407 e. The van der Waals surface area contributed by atoms with Gasteiger partial charge in [-0.2, -0.15) is 0 Å². The van der Waals surface area contributed by atoms with E-state index in [9.17, 15) is 29.1 Å². The summed E-state index contributed by atoms with van der Waals surface area (Å²) in [6, 6.07) is -1.19. The Bertz CT molecular complexity index is 850. The van der Waals surface area contributed by atoms with Crippen LogP contribution in [0.2, 0.25) is 0 Å². The predicted molar refractivity (Wildman–Crippen MR) is 99.1 cm³/mol. The lowest BCUT2D eigenvalue weighted by atomic mass is 10.2. The van der Waals surface area contributed by atoms with E-state index in [1.807, 2.05) is 0 Å². The van der Waals surface area contributed by atoms with Crippen molar-refractivity contribution < 1.29 is 24.2 Å². The number of aromatic amines is 1. The molecule has 0 radical (unpaired) electrons. The minimum Gasteiger partial charge on any atom is -0.480 e. The van der Waals surface area contributed by atoms with Crippen molar-refractivity contribution in [2.24, 2.45) is 0 Å². The monoisotopic (exact) mass is 398 g/mol.